The highest BCUT2D eigenvalue weighted by Gasteiger charge is 2.23. The van der Waals surface area contributed by atoms with Gasteiger partial charge < -0.3 is 15.5 Å². The molecule has 1 aliphatic rings. The van der Waals surface area contributed by atoms with E-state index < -0.39 is 0 Å². The second kappa shape index (κ2) is 10.6. The normalized spacial score (nSPS) is 20.6. The average molecular weight is 458 g/mol. The Morgan fingerprint density at radius 2 is 1.76 bits per heavy atom. The average Bonchev–Trinajstić information content (AvgIpc) is 2.55. The first-order chi connectivity index (χ1) is 11.5. The van der Waals surface area contributed by atoms with Gasteiger partial charge in [-0.05, 0) is 42.9 Å². The standard InChI is InChI=1S/C19H30N4O.HI/c1-5-21-18(24)17-8-6-16(7-9-17)11-22-19(20-4)23-12-14(2)10-15(3)13-23;/h6-9,14-15H,5,10-13H2,1-4H3,(H,20,22)(H,21,24);1H. The molecule has 25 heavy (non-hydrogen) atoms. The highest BCUT2D eigenvalue weighted by Crippen LogP contribution is 2.20. The second-order valence-electron chi connectivity index (χ2n) is 6.81. The number of benzene rings is 1. The summed E-state index contributed by atoms with van der Waals surface area (Å²) in [6.45, 7) is 9.99. The Morgan fingerprint density at radius 1 is 1.16 bits per heavy atom. The Kier molecular flexibility index (Phi) is 9.24. The number of nitrogens with zero attached hydrogens (tertiary/aromatic N) is 2. The topological polar surface area (TPSA) is 56.7 Å². The van der Waals surface area contributed by atoms with Gasteiger partial charge in [0.1, 0.15) is 0 Å². The molecule has 2 atom stereocenters. The number of piperidine rings is 1. The van der Waals surface area contributed by atoms with Crippen molar-refractivity contribution in [3.05, 3.63) is 35.4 Å². The van der Waals surface area contributed by atoms with Crippen molar-refractivity contribution in [1.82, 2.24) is 15.5 Å². The van der Waals surface area contributed by atoms with E-state index in [0.29, 0.717) is 30.5 Å². The van der Waals surface area contributed by atoms with Crippen LogP contribution in [0.3, 0.4) is 0 Å². The first kappa shape index (κ1) is 21.7. The number of likely N-dealkylation sites (tertiary alicyclic amines) is 1. The van der Waals surface area contributed by atoms with Crippen molar-refractivity contribution in [2.24, 2.45) is 16.8 Å². The van der Waals surface area contributed by atoms with Gasteiger partial charge in [-0.15, -0.1) is 24.0 Å². The number of rotatable bonds is 4. The van der Waals surface area contributed by atoms with Crippen LogP contribution in [0.1, 0.15) is 43.1 Å². The lowest BCUT2D eigenvalue weighted by Gasteiger charge is -2.37. The molecule has 0 aromatic heterocycles. The molecule has 0 aliphatic carbocycles. The molecule has 1 saturated heterocycles. The summed E-state index contributed by atoms with van der Waals surface area (Å²) in [6.07, 6.45) is 1.29. The van der Waals surface area contributed by atoms with Gasteiger partial charge in [0.15, 0.2) is 5.96 Å². The zero-order valence-corrected chi connectivity index (χ0v) is 18.0. The summed E-state index contributed by atoms with van der Waals surface area (Å²) in [6, 6.07) is 7.73. The van der Waals surface area contributed by atoms with Crippen LogP contribution in [0.4, 0.5) is 0 Å². The molecule has 2 unspecified atom stereocenters. The van der Waals surface area contributed by atoms with Crippen molar-refractivity contribution >= 4 is 35.8 Å². The number of aliphatic imine (C=N–C) groups is 1. The fourth-order valence-corrected chi connectivity index (χ4v) is 3.39. The summed E-state index contributed by atoms with van der Waals surface area (Å²) in [7, 11) is 1.84. The van der Waals surface area contributed by atoms with Crippen LogP contribution in [-0.2, 0) is 6.54 Å². The highest BCUT2D eigenvalue weighted by atomic mass is 127. The highest BCUT2D eigenvalue weighted by molar-refractivity contribution is 14.0. The smallest absolute Gasteiger partial charge is 0.251 e. The first-order valence-corrected chi connectivity index (χ1v) is 8.86. The Balaban J connectivity index is 0.00000312. The summed E-state index contributed by atoms with van der Waals surface area (Å²) >= 11 is 0. The molecule has 0 spiro atoms. The molecule has 1 heterocycles. The molecule has 0 radical (unpaired) electrons. The zero-order chi connectivity index (χ0) is 17.5. The minimum absolute atomic E-state index is 0. The van der Waals surface area contributed by atoms with Crippen LogP contribution in [0.5, 0.6) is 0 Å². The summed E-state index contributed by atoms with van der Waals surface area (Å²) in [4.78, 5) is 18.6. The van der Waals surface area contributed by atoms with Gasteiger partial charge in [0.2, 0.25) is 0 Å². The lowest BCUT2D eigenvalue weighted by atomic mass is 9.92. The number of halogens is 1. The van der Waals surface area contributed by atoms with Crippen LogP contribution in [0.25, 0.3) is 0 Å². The maximum Gasteiger partial charge on any atom is 0.251 e. The van der Waals surface area contributed by atoms with Crippen molar-refractivity contribution in [3.8, 4) is 0 Å². The molecule has 2 rings (SSSR count). The molecule has 1 aliphatic heterocycles. The third-order valence-electron chi connectivity index (χ3n) is 4.38. The van der Waals surface area contributed by atoms with Crippen LogP contribution in [0, 0.1) is 11.8 Å². The SMILES string of the molecule is CCNC(=O)c1ccc(CNC(=NC)N2CC(C)CC(C)C2)cc1.I. The van der Waals surface area contributed by atoms with Crippen molar-refractivity contribution in [2.45, 2.75) is 33.7 Å². The van der Waals surface area contributed by atoms with Crippen molar-refractivity contribution in [1.29, 1.82) is 0 Å². The van der Waals surface area contributed by atoms with Crippen LogP contribution in [0.15, 0.2) is 29.3 Å². The second-order valence-corrected chi connectivity index (χ2v) is 6.81. The number of nitrogens with one attached hydrogen (secondary N) is 2. The van der Waals surface area contributed by atoms with Gasteiger partial charge in [-0.1, -0.05) is 26.0 Å². The minimum Gasteiger partial charge on any atom is -0.352 e. The molecule has 1 aromatic rings. The van der Waals surface area contributed by atoms with E-state index in [2.05, 4.69) is 34.4 Å². The lowest BCUT2D eigenvalue weighted by molar-refractivity contribution is 0.0956. The van der Waals surface area contributed by atoms with Crippen LogP contribution in [-0.4, -0.2) is 43.4 Å². The third kappa shape index (κ3) is 6.49. The zero-order valence-electron chi connectivity index (χ0n) is 15.7. The molecule has 140 valence electrons. The number of carbonyl (C=O) groups is 1. The van der Waals surface area contributed by atoms with Gasteiger partial charge in [0.25, 0.3) is 5.91 Å². The molecule has 0 bridgehead atoms. The first-order valence-electron chi connectivity index (χ1n) is 8.86. The molecule has 1 fully saturated rings. The Labute approximate surface area is 168 Å². The summed E-state index contributed by atoms with van der Waals surface area (Å²) < 4.78 is 0. The van der Waals surface area contributed by atoms with E-state index in [1.165, 1.54) is 6.42 Å². The van der Waals surface area contributed by atoms with Crippen LogP contribution < -0.4 is 10.6 Å². The van der Waals surface area contributed by atoms with Gasteiger partial charge >= 0.3 is 0 Å². The maximum atomic E-state index is 11.8. The molecular weight excluding hydrogens is 427 g/mol. The monoisotopic (exact) mass is 458 g/mol. The van der Waals surface area contributed by atoms with Crippen LogP contribution in [0.2, 0.25) is 0 Å². The van der Waals surface area contributed by atoms with E-state index in [4.69, 9.17) is 0 Å². The van der Waals surface area contributed by atoms with Gasteiger partial charge in [0.05, 0.1) is 0 Å². The van der Waals surface area contributed by atoms with E-state index in [1.54, 1.807) is 0 Å². The van der Waals surface area contributed by atoms with Crippen LogP contribution >= 0.6 is 24.0 Å². The molecular formula is C19H31IN4O. The minimum atomic E-state index is -0.0240. The van der Waals surface area contributed by atoms with Gasteiger partial charge in [-0.25, -0.2) is 0 Å². The van der Waals surface area contributed by atoms with Crippen molar-refractivity contribution in [3.63, 3.8) is 0 Å². The van der Waals surface area contributed by atoms with E-state index in [0.717, 1.165) is 24.6 Å². The van der Waals surface area contributed by atoms with E-state index in [1.807, 2.05) is 38.2 Å². The van der Waals surface area contributed by atoms with Gasteiger partial charge in [-0.3, -0.25) is 9.79 Å². The number of guanidine groups is 1. The Morgan fingerprint density at radius 3 is 2.28 bits per heavy atom. The molecule has 1 aromatic carbocycles. The predicted molar refractivity (Wildman–Crippen MR) is 115 cm³/mol. The fraction of sp³-hybridized carbons (Fsp3) is 0.579. The quantitative estimate of drug-likeness (QED) is 0.414. The molecule has 0 saturated carbocycles. The third-order valence-corrected chi connectivity index (χ3v) is 4.38. The summed E-state index contributed by atoms with van der Waals surface area (Å²) in [5.41, 5.74) is 1.84. The molecule has 2 N–H and O–H groups in total. The Hall–Kier alpha value is -1.31. The van der Waals surface area contributed by atoms with Gasteiger partial charge in [-0.2, -0.15) is 0 Å². The summed E-state index contributed by atoms with van der Waals surface area (Å²) in [5.74, 6) is 2.33. The lowest BCUT2D eigenvalue weighted by Crippen LogP contribution is -2.48. The largest absolute Gasteiger partial charge is 0.352 e. The van der Waals surface area contributed by atoms with Crippen molar-refractivity contribution in [2.75, 3.05) is 26.7 Å². The van der Waals surface area contributed by atoms with E-state index in [9.17, 15) is 4.79 Å². The maximum absolute atomic E-state index is 11.8. The summed E-state index contributed by atoms with van der Waals surface area (Å²) in [5, 5.41) is 6.26. The number of hydrogen-bond donors (Lipinski definition) is 2. The number of carbonyl (C=O) groups excluding carboxylic acids is 1. The fourth-order valence-electron chi connectivity index (χ4n) is 3.39. The van der Waals surface area contributed by atoms with Gasteiger partial charge in [0, 0.05) is 38.8 Å². The predicted octanol–water partition coefficient (Wildman–Crippen LogP) is 3.11. The van der Waals surface area contributed by atoms with E-state index >= 15 is 0 Å². The molecule has 1 amide bonds. The molecule has 5 nitrogen and oxygen atoms in total. The molecule has 6 heteroatoms. The number of amides is 1. The van der Waals surface area contributed by atoms with E-state index in [-0.39, 0.29) is 29.9 Å². The van der Waals surface area contributed by atoms with Crippen molar-refractivity contribution < 1.29 is 4.79 Å². The number of hydrogen-bond acceptors (Lipinski definition) is 2. The Bertz CT molecular complexity index is 563.